The summed E-state index contributed by atoms with van der Waals surface area (Å²) >= 11 is 0. The Morgan fingerprint density at radius 2 is 1.82 bits per heavy atom. The maximum absolute atomic E-state index is 13.6. The van der Waals surface area contributed by atoms with Crippen molar-refractivity contribution in [3.05, 3.63) is 82.6 Å². The zero-order valence-corrected chi connectivity index (χ0v) is 23.6. The standard InChI is InChI=1S/C32H34N4O4/c1-6-39-16-10-15-35-31(37)28(23(5)29(19-33)32(35)38)18-24-20-36(25-11-8-7-9-12-25)34-30(24)27-14-13-26(17-22(27)4)40-21(2)3/h7-9,11-14,17-18,20-21H,6,10,15-16H2,1-5H3/b28-18+. The van der Waals surface area contributed by atoms with Crippen LogP contribution in [-0.4, -0.2) is 52.4 Å². The zero-order chi connectivity index (χ0) is 28.8. The van der Waals surface area contributed by atoms with Gasteiger partial charge < -0.3 is 9.47 Å². The van der Waals surface area contributed by atoms with Crippen LogP contribution in [0.15, 0.2) is 71.4 Å². The molecule has 0 radical (unpaired) electrons. The van der Waals surface area contributed by atoms with Gasteiger partial charge in [-0.2, -0.15) is 10.4 Å². The molecule has 0 unspecified atom stereocenters. The highest BCUT2D eigenvalue weighted by atomic mass is 16.5. The SMILES string of the molecule is CCOCCCN1C(=O)C(C#N)=C(C)/C(=C\c2cn(-c3ccccc3)nc2-c2ccc(OC(C)C)cc2C)C1=O. The van der Waals surface area contributed by atoms with Crippen LogP contribution in [0.3, 0.4) is 0 Å². The van der Waals surface area contributed by atoms with Gasteiger partial charge in [0.2, 0.25) is 0 Å². The lowest BCUT2D eigenvalue weighted by molar-refractivity contribution is -0.140. The molecule has 8 nitrogen and oxygen atoms in total. The van der Waals surface area contributed by atoms with E-state index in [2.05, 4.69) is 0 Å². The Morgan fingerprint density at radius 1 is 1.07 bits per heavy atom. The fourth-order valence-electron chi connectivity index (χ4n) is 4.62. The van der Waals surface area contributed by atoms with Gasteiger partial charge in [0.15, 0.2) is 0 Å². The number of benzene rings is 2. The van der Waals surface area contributed by atoms with E-state index < -0.39 is 11.8 Å². The van der Waals surface area contributed by atoms with Crippen molar-refractivity contribution in [1.82, 2.24) is 14.7 Å². The van der Waals surface area contributed by atoms with E-state index >= 15 is 0 Å². The Balaban J connectivity index is 1.84. The summed E-state index contributed by atoms with van der Waals surface area (Å²) < 4.78 is 13.0. The first-order valence-electron chi connectivity index (χ1n) is 13.4. The number of amides is 2. The van der Waals surface area contributed by atoms with Crippen LogP contribution >= 0.6 is 0 Å². The molecular formula is C32H34N4O4. The van der Waals surface area contributed by atoms with E-state index in [1.165, 1.54) is 0 Å². The van der Waals surface area contributed by atoms with Crippen molar-refractivity contribution < 1.29 is 19.1 Å². The van der Waals surface area contributed by atoms with Crippen molar-refractivity contribution in [3.8, 4) is 28.8 Å². The molecule has 206 valence electrons. The third-order valence-corrected chi connectivity index (χ3v) is 6.59. The summed E-state index contributed by atoms with van der Waals surface area (Å²) in [5, 5.41) is 14.7. The number of imide groups is 1. The van der Waals surface area contributed by atoms with Crippen LogP contribution in [0.5, 0.6) is 5.75 Å². The Hall–Kier alpha value is -4.48. The van der Waals surface area contributed by atoms with Crippen LogP contribution in [-0.2, 0) is 14.3 Å². The summed E-state index contributed by atoms with van der Waals surface area (Å²) in [5.74, 6) is -0.246. The number of ether oxygens (including phenoxy) is 2. The van der Waals surface area contributed by atoms with Gasteiger partial charge in [-0.05, 0) is 88.6 Å². The molecule has 40 heavy (non-hydrogen) atoms. The highest BCUT2D eigenvalue weighted by Gasteiger charge is 2.35. The number of nitriles is 1. The molecule has 0 saturated carbocycles. The second kappa shape index (κ2) is 12.6. The Morgan fingerprint density at radius 3 is 2.48 bits per heavy atom. The molecule has 2 heterocycles. The summed E-state index contributed by atoms with van der Waals surface area (Å²) in [7, 11) is 0. The molecule has 0 fully saturated rings. The Kier molecular flexibility index (Phi) is 8.97. The summed E-state index contributed by atoms with van der Waals surface area (Å²) in [6.45, 7) is 10.6. The predicted octanol–water partition coefficient (Wildman–Crippen LogP) is 5.65. The number of aromatic nitrogens is 2. The van der Waals surface area contributed by atoms with Crippen molar-refractivity contribution in [2.75, 3.05) is 19.8 Å². The van der Waals surface area contributed by atoms with Crippen LogP contribution in [0.2, 0.25) is 0 Å². The topological polar surface area (TPSA) is 97.5 Å². The smallest absolute Gasteiger partial charge is 0.271 e. The molecule has 4 rings (SSSR count). The number of carbonyl (C=O) groups is 2. The molecule has 1 aliphatic rings. The third kappa shape index (κ3) is 6.05. The average molecular weight is 539 g/mol. The largest absolute Gasteiger partial charge is 0.491 e. The van der Waals surface area contributed by atoms with Crippen LogP contribution in [0.4, 0.5) is 0 Å². The Bertz CT molecular complexity index is 1510. The molecule has 3 aromatic rings. The fraction of sp³-hybridized carbons (Fsp3) is 0.312. The monoisotopic (exact) mass is 538 g/mol. The fourth-order valence-corrected chi connectivity index (χ4v) is 4.62. The molecule has 0 spiro atoms. The molecular weight excluding hydrogens is 504 g/mol. The van der Waals surface area contributed by atoms with Gasteiger partial charge in [-0.1, -0.05) is 18.2 Å². The van der Waals surface area contributed by atoms with E-state index in [-0.39, 0.29) is 18.2 Å². The minimum absolute atomic E-state index is 0.0365. The molecule has 0 saturated heterocycles. The van der Waals surface area contributed by atoms with Crippen LogP contribution in [0.25, 0.3) is 23.0 Å². The van der Waals surface area contributed by atoms with Gasteiger partial charge in [-0.15, -0.1) is 0 Å². The quantitative estimate of drug-likeness (QED) is 0.188. The van der Waals surface area contributed by atoms with Crippen LogP contribution < -0.4 is 4.74 Å². The third-order valence-electron chi connectivity index (χ3n) is 6.59. The number of carbonyl (C=O) groups excluding carboxylic acids is 2. The van der Waals surface area contributed by atoms with Gasteiger partial charge in [0.05, 0.1) is 11.8 Å². The average Bonchev–Trinajstić information content (AvgIpc) is 3.35. The first kappa shape index (κ1) is 28.5. The van der Waals surface area contributed by atoms with Crippen molar-refractivity contribution in [1.29, 1.82) is 5.26 Å². The number of hydrogen-bond acceptors (Lipinski definition) is 6. The zero-order valence-electron chi connectivity index (χ0n) is 23.6. The highest BCUT2D eigenvalue weighted by Crippen LogP contribution is 2.33. The normalized spacial score (nSPS) is 14.8. The van der Waals surface area contributed by atoms with E-state index in [1.54, 1.807) is 17.7 Å². The van der Waals surface area contributed by atoms with E-state index in [9.17, 15) is 14.9 Å². The minimum atomic E-state index is -0.574. The first-order valence-corrected chi connectivity index (χ1v) is 13.4. The van der Waals surface area contributed by atoms with Crippen LogP contribution in [0.1, 0.15) is 45.2 Å². The van der Waals surface area contributed by atoms with Gasteiger partial charge >= 0.3 is 0 Å². The van der Waals surface area contributed by atoms with Crippen molar-refractivity contribution in [3.63, 3.8) is 0 Å². The maximum atomic E-state index is 13.6. The number of para-hydroxylation sites is 1. The van der Waals surface area contributed by atoms with Gasteiger partial charge in [0, 0.05) is 42.7 Å². The summed E-state index contributed by atoms with van der Waals surface area (Å²) in [4.78, 5) is 27.8. The van der Waals surface area contributed by atoms with Crippen molar-refractivity contribution in [2.24, 2.45) is 0 Å². The molecule has 0 aliphatic carbocycles. The van der Waals surface area contributed by atoms with E-state index in [1.807, 2.05) is 88.5 Å². The van der Waals surface area contributed by atoms with E-state index in [0.717, 1.165) is 27.5 Å². The molecule has 0 N–H and O–H groups in total. The van der Waals surface area contributed by atoms with Gasteiger partial charge in [0.25, 0.3) is 11.8 Å². The number of nitrogens with zero attached hydrogens (tertiary/aromatic N) is 4. The van der Waals surface area contributed by atoms with Gasteiger partial charge in [-0.3, -0.25) is 14.5 Å². The molecule has 2 amide bonds. The molecule has 0 bridgehead atoms. The van der Waals surface area contributed by atoms with Crippen molar-refractivity contribution in [2.45, 2.75) is 47.1 Å². The molecule has 1 aliphatic heterocycles. The highest BCUT2D eigenvalue weighted by molar-refractivity contribution is 6.19. The van der Waals surface area contributed by atoms with E-state index in [4.69, 9.17) is 14.6 Å². The lowest BCUT2D eigenvalue weighted by atomic mass is 9.92. The molecule has 0 atom stereocenters. The second-order valence-corrected chi connectivity index (χ2v) is 9.84. The minimum Gasteiger partial charge on any atom is -0.491 e. The van der Waals surface area contributed by atoms with E-state index in [0.29, 0.717) is 42.0 Å². The summed E-state index contributed by atoms with van der Waals surface area (Å²) in [6, 6.07) is 17.5. The van der Waals surface area contributed by atoms with Gasteiger partial charge in [0.1, 0.15) is 23.1 Å². The second-order valence-electron chi connectivity index (χ2n) is 9.84. The molecule has 1 aromatic heterocycles. The number of rotatable bonds is 10. The summed E-state index contributed by atoms with van der Waals surface area (Å²) in [5.41, 5.74) is 4.67. The lowest BCUT2D eigenvalue weighted by Crippen LogP contribution is -2.43. The molecule has 8 heteroatoms. The molecule has 2 aromatic carbocycles. The Labute approximate surface area is 235 Å². The summed E-state index contributed by atoms with van der Waals surface area (Å²) in [6.07, 6.45) is 4.12. The number of aryl methyl sites for hydroxylation is 1. The van der Waals surface area contributed by atoms with Gasteiger partial charge in [-0.25, -0.2) is 4.68 Å². The predicted molar refractivity (Wildman–Crippen MR) is 154 cm³/mol. The maximum Gasteiger partial charge on any atom is 0.271 e. The van der Waals surface area contributed by atoms with Crippen molar-refractivity contribution >= 4 is 17.9 Å². The first-order chi connectivity index (χ1) is 19.2. The number of hydrogen-bond donors (Lipinski definition) is 0. The lowest BCUT2D eigenvalue weighted by Gasteiger charge is -2.27. The van der Waals surface area contributed by atoms with Crippen LogP contribution in [0, 0.1) is 18.3 Å².